The van der Waals surface area contributed by atoms with Crippen LogP contribution >= 0.6 is 11.3 Å². The van der Waals surface area contributed by atoms with Crippen molar-refractivity contribution in [3.63, 3.8) is 0 Å². The number of rotatable bonds is 2. The van der Waals surface area contributed by atoms with Crippen molar-refractivity contribution >= 4 is 77.5 Å². The third-order valence-electron chi connectivity index (χ3n) is 7.64. The summed E-state index contributed by atoms with van der Waals surface area (Å²) in [6, 6.07) is 35.6. The van der Waals surface area contributed by atoms with Crippen LogP contribution in [-0.2, 0) is 7.05 Å². The Hall–Kier alpha value is -3.69. The summed E-state index contributed by atoms with van der Waals surface area (Å²) in [5, 5.41) is 6.75. The van der Waals surface area contributed by atoms with Crippen LogP contribution in [0.4, 0.5) is 0 Å². The Bertz CT molecular complexity index is 2120. The van der Waals surface area contributed by atoms with Crippen molar-refractivity contribution in [1.29, 1.82) is 0 Å². The van der Waals surface area contributed by atoms with Gasteiger partial charge in [0.15, 0.2) is 0 Å². The second-order valence-corrected chi connectivity index (χ2v) is 13.0. The topological polar surface area (TPSA) is 8.81 Å². The molecule has 0 saturated carbocycles. The van der Waals surface area contributed by atoms with Crippen molar-refractivity contribution in [3.05, 3.63) is 109 Å². The molecule has 8 rings (SSSR count). The molecule has 0 unspecified atom stereocenters. The van der Waals surface area contributed by atoms with Crippen LogP contribution in [0.15, 0.2) is 103 Å². The van der Waals surface area contributed by atoms with E-state index in [2.05, 4.69) is 126 Å². The van der Waals surface area contributed by atoms with Gasteiger partial charge in [-0.15, -0.1) is 0 Å². The van der Waals surface area contributed by atoms with Gasteiger partial charge in [0, 0.05) is 0 Å². The van der Waals surface area contributed by atoms with Gasteiger partial charge in [0.2, 0.25) is 0 Å². The fraction of sp³-hybridized carbons (Fsp3) is 0.0606. The van der Waals surface area contributed by atoms with E-state index in [-0.39, 0.29) is 0 Å². The zero-order valence-corrected chi connectivity index (χ0v) is 23.1. The second-order valence-electron chi connectivity index (χ2n) is 9.69. The molecule has 0 atom stereocenters. The van der Waals surface area contributed by atoms with Gasteiger partial charge in [-0.05, 0) is 0 Å². The van der Waals surface area contributed by atoms with Crippen LogP contribution in [-0.4, -0.2) is 19.1 Å². The van der Waals surface area contributed by atoms with Gasteiger partial charge in [0.1, 0.15) is 0 Å². The molecule has 0 N–H and O–H groups in total. The Morgan fingerprint density at radius 2 is 1.35 bits per heavy atom. The number of hydrogen-bond donors (Lipinski definition) is 0. The molecule has 176 valence electrons. The number of para-hydroxylation sites is 2. The first-order valence-corrected chi connectivity index (χ1v) is 15.0. The molecule has 8 aromatic rings. The molecule has 0 saturated heterocycles. The molecule has 37 heavy (non-hydrogen) atoms. The van der Waals surface area contributed by atoms with Crippen LogP contribution in [0.3, 0.4) is 0 Å². The molecule has 0 aliphatic carbocycles. The van der Waals surface area contributed by atoms with Crippen molar-refractivity contribution in [2.45, 2.75) is 6.92 Å². The van der Waals surface area contributed by atoms with Crippen molar-refractivity contribution in [3.8, 4) is 15.8 Å². The molecule has 0 spiro atoms. The van der Waals surface area contributed by atoms with Gasteiger partial charge < -0.3 is 0 Å². The van der Waals surface area contributed by atoms with E-state index in [0.717, 1.165) is 0 Å². The third-order valence-corrected chi connectivity index (χ3v) is 11.5. The van der Waals surface area contributed by atoms with E-state index in [1.54, 1.807) is 0 Å². The zero-order chi connectivity index (χ0) is 24.7. The fourth-order valence-electron chi connectivity index (χ4n) is 5.95. The molecule has 0 fully saturated rings. The van der Waals surface area contributed by atoms with E-state index in [1.807, 2.05) is 11.3 Å². The van der Waals surface area contributed by atoms with Gasteiger partial charge in [0.05, 0.1) is 0 Å². The third kappa shape index (κ3) is 2.95. The van der Waals surface area contributed by atoms with Gasteiger partial charge in [-0.1, -0.05) is 0 Å². The van der Waals surface area contributed by atoms with Crippen molar-refractivity contribution in [2.75, 3.05) is 0 Å². The number of pyridine rings is 1. The normalized spacial score (nSPS) is 12.1. The monoisotopic (exact) mass is 559 g/mol. The summed E-state index contributed by atoms with van der Waals surface area (Å²) in [6.07, 6.45) is 2.24. The molecule has 2 nitrogen and oxygen atoms in total. The Morgan fingerprint density at radius 3 is 2.08 bits per heavy atom. The molecule has 0 radical (unpaired) electrons. The standard InChI is InChI=1S/C33H23N2SSe/c1-20-21-10-5-8-17-29(21)37-33(20)31-30-24-13-9-16-27(32(24)36-28(30)18-19-34(31)2)35-25-14-6-3-11-22(25)23-12-4-7-15-26(23)35/h3-19H,1-2H3/q+1. The van der Waals surface area contributed by atoms with E-state index < -0.39 is 0 Å². The van der Waals surface area contributed by atoms with Crippen LogP contribution in [0.5, 0.6) is 0 Å². The van der Waals surface area contributed by atoms with Crippen LogP contribution in [0.1, 0.15) is 5.56 Å². The van der Waals surface area contributed by atoms with Gasteiger partial charge in [-0.2, -0.15) is 0 Å². The summed E-state index contributed by atoms with van der Waals surface area (Å²) in [4.78, 5) is 0. The van der Waals surface area contributed by atoms with Crippen molar-refractivity contribution in [2.24, 2.45) is 7.05 Å². The summed E-state index contributed by atoms with van der Waals surface area (Å²) in [5.74, 6) is 0. The van der Waals surface area contributed by atoms with E-state index in [0.29, 0.717) is 14.5 Å². The summed E-state index contributed by atoms with van der Waals surface area (Å²) < 4.78 is 10.5. The quantitative estimate of drug-likeness (QED) is 0.150. The molecule has 0 bridgehead atoms. The minimum atomic E-state index is 0.297. The number of aromatic nitrogens is 2. The number of benzene rings is 4. The fourth-order valence-corrected chi connectivity index (χ4v) is 9.88. The number of nitrogens with zero attached hydrogens (tertiary/aromatic N) is 2. The number of thiophene rings is 1. The first-order chi connectivity index (χ1) is 18.2. The second kappa shape index (κ2) is 7.90. The molecule has 4 aromatic carbocycles. The summed E-state index contributed by atoms with van der Waals surface area (Å²) >= 11 is 2.22. The first-order valence-electron chi connectivity index (χ1n) is 12.5. The van der Waals surface area contributed by atoms with Crippen LogP contribution in [0, 0.1) is 6.92 Å². The summed E-state index contributed by atoms with van der Waals surface area (Å²) in [5.41, 5.74) is 6.57. The average molecular weight is 559 g/mol. The number of fused-ring (bicyclic) bond motifs is 7. The maximum absolute atomic E-state index is 2.46. The van der Waals surface area contributed by atoms with E-state index in [4.69, 9.17) is 0 Å². The molecule has 4 aromatic heterocycles. The summed E-state index contributed by atoms with van der Waals surface area (Å²) in [7, 11) is 2.20. The SMILES string of the molecule is Cc1c(-c2c3c(cc[n+]2C)sc2c(-n4c5ccccc5c5ccccc54)cccc23)[se]c2ccccc12. The Balaban J connectivity index is 1.50. The van der Waals surface area contributed by atoms with Gasteiger partial charge in [-0.25, -0.2) is 0 Å². The number of aryl methyl sites for hydroxylation is 2. The van der Waals surface area contributed by atoms with Crippen molar-refractivity contribution < 1.29 is 4.57 Å². The van der Waals surface area contributed by atoms with Crippen molar-refractivity contribution in [1.82, 2.24) is 4.57 Å². The molecule has 0 amide bonds. The Kier molecular flexibility index (Phi) is 4.57. The van der Waals surface area contributed by atoms with Gasteiger partial charge in [0.25, 0.3) is 0 Å². The predicted molar refractivity (Wildman–Crippen MR) is 159 cm³/mol. The zero-order valence-electron chi connectivity index (χ0n) is 20.5. The molecule has 4 heteroatoms. The Labute approximate surface area is 224 Å². The Morgan fingerprint density at radius 1 is 0.703 bits per heavy atom. The predicted octanol–water partition coefficient (Wildman–Crippen LogP) is 8.16. The van der Waals surface area contributed by atoms with E-state index in [1.165, 1.54) is 73.0 Å². The molecule has 0 aliphatic heterocycles. The van der Waals surface area contributed by atoms with Crippen LogP contribution in [0.2, 0.25) is 0 Å². The van der Waals surface area contributed by atoms with E-state index in [9.17, 15) is 0 Å². The van der Waals surface area contributed by atoms with Crippen LogP contribution in [0.25, 0.3) is 67.4 Å². The molecular weight excluding hydrogens is 535 g/mol. The van der Waals surface area contributed by atoms with Crippen LogP contribution < -0.4 is 4.57 Å². The number of hydrogen-bond acceptors (Lipinski definition) is 1. The first kappa shape index (κ1) is 21.4. The minimum absolute atomic E-state index is 0.297. The molecule has 4 heterocycles. The average Bonchev–Trinajstić information content (AvgIpc) is 3.59. The molecular formula is C33H23N2SSe+. The van der Waals surface area contributed by atoms with Gasteiger partial charge >= 0.3 is 225 Å². The molecule has 0 aliphatic rings. The maximum atomic E-state index is 2.46. The summed E-state index contributed by atoms with van der Waals surface area (Å²) in [6.45, 7) is 2.31. The van der Waals surface area contributed by atoms with E-state index >= 15 is 0 Å². The van der Waals surface area contributed by atoms with Gasteiger partial charge in [-0.3, -0.25) is 0 Å².